The largest absolute Gasteiger partial charge is 0.478 e. The quantitative estimate of drug-likeness (QED) is 0.906. The number of aromatic nitrogens is 2. The smallest absolute Gasteiger partial charge is 0.336 e. The fourth-order valence-electron chi connectivity index (χ4n) is 1.63. The number of carboxylic acids is 1. The van der Waals surface area contributed by atoms with E-state index >= 15 is 0 Å². The summed E-state index contributed by atoms with van der Waals surface area (Å²) in [5, 5.41) is 19.0. The van der Waals surface area contributed by atoms with E-state index in [0.717, 1.165) is 0 Å². The highest BCUT2D eigenvalue weighted by atomic mass is 35.5. The number of benzene rings is 1. The van der Waals surface area contributed by atoms with Crippen LogP contribution in [0.15, 0.2) is 30.3 Å². The van der Waals surface area contributed by atoms with Gasteiger partial charge in [-0.15, -0.1) is 10.2 Å². The maximum atomic E-state index is 12.0. The van der Waals surface area contributed by atoms with Crippen LogP contribution < -0.4 is 5.32 Å². The van der Waals surface area contributed by atoms with Gasteiger partial charge in [0, 0.05) is 5.69 Å². The molecule has 0 saturated carbocycles. The van der Waals surface area contributed by atoms with Crippen molar-refractivity contribution in [3.63, 3.8) is 0 Å². The van der Waals surface area contributed by atoms with Gasteiger partial charge < -0.3 is 10.4 Å². The number of rotatable bonds is 3. The van der Waals surface area contributed by atoms with Crippen LogP contribution in [0.4, 0.5) is 5.69 Å². The van der Waals surface area contributed by atoms with Gasteiger partial charge in [-0.1, -0.05) is 17.7 Å². The van der Waals surface area contributed by atoms with Gasteiger partial charge in [0.25, 0.3) is 5.91 Å². The molecule has 2 aromatic rings. The number of hydrogen-bond donors (Lipinski definition) is 2. The molecule has 0 aliphatic rings. The Kier molecular flexibility index (Phi) is 3.95. The van der Waals surface area contributed by atoms with Crippen LogP contribution in [0.5, 0.6) is 0 Å². The third-order valence-electron chi connectivity index (χ3n) is 2.68. The van der Waals surface area contributed by atoms with E-state index in [1.807, 2.05) is 0 Å². The Labute approximate surface area is 119 Å². The molecule has 2 rings (SSSR count). The molecule has 0 aliphatic carbocycles. The van der Waals surface area contributed by atoms with Crippen molar-refractivity contribution in [3.05, 3.63) is 52.3 Å². The van der Waals surface area contributed by atoms with Gasteiger partial charge in [0.2, 0.25) is 0 Å². The topological polar surface area (TPSA) is 92.2 Å². The van der Waals surface area contributed by atoms with Crippen LogP contribution in [0.2, 0.25) is 5.15 Å². The Morgan fingerprint density at radius 1 is 1.20 bits per heavy atom. The highest BCUT2D eigenvalue weighted by molar-refractivity contribution is 6.29. The second kappa shape index (κ2) is 5.66. The first-order valence-electron chi connectivity index (χ1n) is 5.62. The Morgan fingerprint density at radius 2 is 1.95 bits per heavy atom. The number of carboxylic acid groups (broad SMARTS) is 1. The molecule has 0 fully saturated rings. The van der Waals surface area contributed by atoms with Gasteiger partial charge in [0.1, 0.15) is 0 Å². The van der Waals surface area contributed by atoms with E-state index in [2.05, 4.69) is 15.5 Å². The zero-order chi connectivity index (χ0) is 14.7. The summed E-state index contributed by atoms with van der Waals surface area (Å²) in [4.78, 5) is 23.0. The van der Waals surface area contributed by atoms with E-state index < -0.39 is 11.9 Å². The maximum absolute atomic E-state index is 12.0. The number of halogens is 1. The van der Waals surface area contributed by atoms with Crippen LogP contribution in [0.1, 0.15) is 26.4 Å². The van der Waals surface area contributed by atoms with Gasteiger partial charge >= 0.3 is 5.97 Å². The molecule has 1 aromatic heterocycles. The van der Waals surface area contributed by atoms with Crippen molar-refractivity contribution < 1.29 is 14.7 Å². The van der Waals surface area contributed by atoms with Crippen LogP contribution in [0.3, 0.4) is 0 Å². The Bertz CT molecular complexity index is 671. The number of carbonyl (C=O) groups is 2. The minimum atomic E-state index is -1.05. The van der Waals surface area contributed by atoms with Crippen molar-refractivity contribution in [2.75, 3.05) is 5.32 Å². The van der Waals surface area contributed by atoms with E-state index in [9.17, 15) is 9.59 Å². The number of hydrogen-bond acceptors (Lipinski definition) is 4. The molecule has 0 aliphatic heterocycles. The number of carbonyl (C=O) groups excluding carboxylic acids is 1. The van der Waals surface area contributed by atoms with Crippen LogP contribution in [-0.2, 0) is 0 Å². The van der Waals surface area contributed by atoms with Crippen LogP contribution in [-0.4, -0.2) is 27.2 Å². The van der Waals surface area contributed by atoms with Gasteiger partial charge in [0.15, 0.2) is 10.8 Å². The molecule has 0 unspecified atom stereocenters. The zero-order valence-electron chi connectivity index (χ0n) is 10.4. The van der Waals surface area contributed by atoms with Crippen molar-refractivity contribution >= 4 is 29.2 Å². The summed E-state index contributed by atoms with van der Waals surface area (Å²) in [6.07, 6.45) is 0. The fraction of sp³-hybridized carbons (Fsp3) is 0.0769. The number of amides is 1. The number of aromatic carboxylic acids is 1. The van der Waals surface area contributed by atoms with Gasteiger partial charge in [-0.3, -0.25) is 4.79 Å². The Morgan fingerprint density at radius 3 is 2.55 bits per heavy atom. The van der Waals surface area contributed by atoms with Crippen molar-refractivity contribution in [1.82, 2.24) is 10.2 Å². The lowest BCUT2D eigenvalue weighted by Gasteiger charge is -2.09. The van der Waals surface area contributed by atoms with Gasteiger partial charge in [-0.25, -0.2) is 4.79 Å². The third-order valence-corrected chi connectivity index (χ3v) is 2.88. The van der Waals surface area contributed by atoms with Crippen molar-refractivity contribution in [3.8, 4) is 0 Å². The van der Waals surface area contributed by atoms with E-state index in [4.69, 9.17) is 16.7 Å². The second-order valence-corrected chi connectivity index (χ2v) is 4.37. The fourth-order valence-corrected chi connectivity index (χ4v) is 1.73. The predicted molar refractivity (Wildman–Crippen MR) is 73.1 cm³/mol. The third kappa shape index (κ3) is 2.92. The standard InChI is InChI=1S/C13H10ClN3O3/c1-7-8(13(19)20)3-2-4-9(7)15-12(18)10-5-6-11(14)17-16-10/h2-6H,1H3,(H,15,18)(H,19,20). The predicted octanol–water partition coefficient (Wildman–Crippen LogP) is 2.39. The summed E-state index contributed by atoms with van der Waals surface area (Å²) in [5.74, 6) is -1.54. The average Bonchev–Trinajstić information content (AvgIpc) is 2.41. The molecule has 0 bridgehead atoms. The molecule has 1 amide bonds. The number of anilines is 1. The van der Waals surface area contributed by atoms with Gasteiger partial charge in [0.05, 0.1) is 5.56 Å². The lowest BCUT2D eigenvalue weighted by atomic mass is 10.1. The lowest BCUT2D eigenvalue weighted by Crippen LogP contribution is -2.16. The molecule has 0 atom stereocenters. The van der Waals surface area contributed by atoms with Crippen LogP contribution in [0.25, 0.3) is 0 Å². The second-order valence-electron chi connectivity index (χ2n) is 3.98. The minimum absolute atomic E-state index is 0.0922. The molecular formula is C13H10ClN3O3. The molecule has 20 heavy (non-hydrogen) atoms. The summed E-state index contributed by atoms with van der Waals surface area (Å²) in [5.41, 5.74) is 1.10. The van der Waals surface area contributed by atoms with Gasteiger partial charge in [-0.2, -0.15) is 0 Å². The lowest BCUT2D eigenvalue weighted by molar-refractivity contribution is 0.0695. The van der Waals surface area contributed by atoms with Crippen molar-refractivity contribution in [2.24, 2.45) is 0 Å². The molecular weight excluding hydrogens is 282 g/mol. The normalized spacial score (nSPS) is 10.1. The van der Waals surface area contributed by atoms with Crippen LogP contribution >= 0.6 is 11.6 Å². The first kappa shape index (κ1) is 14.0. The average molecular weight is 292 g/mol. The van der Waals surface area contributed by atoms with E-state index in [0.29, 0.717) is 11.3 Å². The molecule has 0 saturated heterocycles. The molecule has 0 spiro atoms. The molecule has 7 heteroatoms. The summed E-state index contributed by atoms with van der Waals surface area (Å²) in [6, 6.07) is 7.52. The summed E-state index contributed by atoms with van der Waals surface area (Å²) in [7, 11) is 0. The monoisotopic (exact) mass is 291 g/mol. The molecule has 2 N–H and O–H groups in total. The Balaban J connectivity index is 2.26. The summed E-state index contributed by atoms with van der Waals surface area (Å²) >= 11 is 5.59. The number of nitrogens with zero attached hydrogens (tertiary/aromatic N) is 2. The van der Waals surface area contributed by atoms with Gasteiger partial charge in [-0.05, 0) is 36.8 Å². The van der Waals surface area contributed by atoms with Crippen molar-refractivity contribution in [2.45, 2.75) is 6.92 Å². The first-order valence-corrected chi connectivity index (χ1v) is 6.00. The SMILES string of the molecule is Cc1c(NC(=O)c2ccc(Cl)nn2)cccc1C(=O)O. The summed E-state index contributed by atoms with van der Waals surface area (Å²) < 4.78 is 0. The first-order chi connectivity index (χ1) is 9.49. The highest BCUT2D eigenvalue weighted by Crippen LogP contribution is 2.19. The van der Waals surface area contributed by atoms with Crippen molar-refractivity contribution in [1.29, 1.82) is 0 Å². The maximum Gasteiger partial charge on any atom is 0.336 e. The minimum Gasteiger partial charge on any atom is -0.478 e. The Hall–Kier alpha value is -2.47. The molecule has 1 heterocycles. The molecule has 102 valence electrons. The summed E-state index contributed by atoms with van der Waals surface area (Å²) in [6.45, 7) is 1.62. The highest BCUT2D eigenvalue weighted by Gasteiger charge is 2.13. The molecule has 1 aromatic carbocycles. The van der Waals surface area contributed by atoms with Crippen LogP contribution in [0, 0.1) is 6.92 Å². The zero-order valence-corrected chi connectivity index (χ0v) is 11.2. The van der Waals surface area contributed by atoms with E-state index in [1.54, 1.807) is 19.1 Å². The van der Waals surface area contributed by atoms with E-state index in [1.165, 1.54) is 18.2 Å². The molecule has 0 radical (unpaired) electrons. The number of nitrogens with one attached hydrogen (secondary N) is 1. The van der Waals surface area contributed by atoms with E-state index in [-0.39, 0.29) is 16.4 Å². The molecule has 6 nitrogen and oxygen atoms in total.